The third kappa shape index (κ3) is 4.11. The molecule has 0 aromatic heterocycles. The van der Waals surface area contributed by atoms with Gasteiger partial charge in [-0.3, -0.25) is 14.4 Å². The predicted octanol–water partition coefficient (Wildman–Crippen LogP) is 0.0349. The molecule has 0 saturated carbocycles. The Balaban J connectivity index is 1.69. The Bertz CT molecular complexity index is 1370. The van der Waals surface area contributed by atoms with Gasteiger partial charge in [-0.15, -0.1) is 0 Å². The third-order valence-electron chi connectivity index (χ3n) is 7.73. The molecule has 1 fully saturated rings. The van der Waals surface area contributed by atoms with Crippen molar-refractivity contribution in [3.63, 3.8) is 0 Å². The van der Waals surface area contributed by atoms with Gasteiger partial charge in [0.15, 0.2) is 17.9 Å². The second-order valence-corrected chi connectivity index (χ2v) is 10.1. The standard InChI is InChI=1S/C27H28O12/c1-10-22(31)13(29)6-17(38-10)39-15-8-27(36,16(30)9-28)7-12-19(15)26(35)21-20(24(12)33)23(32)11-4-3-5-14(37-2)18(11)25(21)34/h3-5,10,13,15,17,22,28-29,31,33,35-36H,6-9H2,1-2H3/t10-,13-,15-,17-,22+,27-/m0/s1. The van der Waals surface area contributed by atoms with E-state index in [2.05, 4.69) is 0 Å². The number of phenols is 2. The van der Waals surface area contributed by atoms with Crippen LogP contribution >= 0.6 is 0 Å². The molecule has 1 saturated heterocycles. The number of phenolic OH excluding ortho intramolecular Hbond substituents is 2. The van der Waals surface area contributed by atoms with Gasteiger partial charge in [-0.2, -0.15) is 0 Å². The van der Waals surface area contributed by atoms with E-state index >= 15 is 0 Å². The van der Waals surface area contributed by atoms with Crippen molar-refractivity contribution in [1.29, 1.82) is 0 Å². The van der Waals surface area contributed by atoms with Crippen molar-refractivity contribution in [2.75, 3.05) is 13.7 Å². The molecule has 0 radical (unpaired) electrons. The number of fused-ring (bicyclic) bond motifs is 3. The fraction of sp³-hybridized carbons (Fsp3) is 0.444. The summed E-state index contributed by atoms with van der Waals surface area (Å²) in [6.07, 6.45) is -7.17. The molecule has 12 heteroatoms. The van der Waals surface area contributed by atoms with Crippen LogP contribution in [0.25, 0.3) is 0 Å². The minimum atomic E-state index is -2.27. The van der Waals surface area contributed by atoms with Gasteiger partial charge in [0.25, 0.3) is 0 Å². The lowest BCUT2D eigenvalue weighted by molar-refractivity contribution is -0.266. The van der Waals surface area contributed by atoms with Crippen LogP contribution in [0.3, 0.4) is 0 Å². The Morgan fingerprint density at radius 2 is 1.79 bits per heavy atom. The minimum absolute atomic E-state index is 0.0658. The van der Waals surface area contributed by atoms with E-state index in [1.807, 2.05) is 0 Å². The molecule has 12 nitrogen and oxygen atoms in total. The van der Waals surface area contributed by atoms with Crippen LogP contribution < -0.4 is 4.74 Å². The molecular weight excluding hydrogens is 516 g/mol. The summed E-state index contributed by atoms with van der Waals surface area (Å²) in [7, 11) is 1.31. The lowest BCUT2D eigenvalue weighted by Gasteiger charge is -2.42. The Hall–Kier alpha value is -3.39. The number of carbonyl (C=O) groups is 3. The maximum atomic E-state index is 13.6. The summed E-state index contributed by atoms with van der Waals surface area (Å²) in [4.78, 5) is 39.7. The quantitative estimate of drug-likeness (QED) is 0.236. The smallest absolute Gasteiger partial charge is 0.202 e. The molecule has 0 unspecified atom stereocenters. The highest BCUT2D eigenvalue weighted by Gasteiger charge is 2.50. The molecule has 39 heavy (non-hydrogen) atoms. The number of hydrogen-bond donors (Lipinski definition) is 6. The largest absolute Gasteiger partial charge is 0.507 e. The number of benzene rings is 2. The molecule has 1 heterocycles. The average molecular weight is 545 g/mol. The van der Waals surface area contributed by atoms with Gasteiger partial charge in [-0.25, -0.2) is 0 Å². The molecule has 0 amide bonds. The fourth-order valence-corrected chi connectivity index (χ4v) is 5.69. The highest BCUT2D eigenvalue weighted by Crippen LogP contribution is 2.52. The molecule has 3 aliphatic rings. The third-order valence-corrected chi connectivity index (χ3v) is 7.73. The van der Waals surface area contributed by atoms with Gasteiger partial charge in [0.05, 0.1) is 42.1 Å². The first-order valence-electron chi connectivity index (χ1n) is 12.3. The zero-order chi connectivity index (χ0) is 28.4. The van der Waals surface area contributed by atoms with Crippen molar-refractivity contribution in [2.45, 2.75) is 62.5 Å². The van der Waals surface area contributed by atoms with E-state index in [1.165, 1.54) is 32.2 Å². The summed E-state index contributed by atoms with van der Waals surface area (Å²) in [5, 5.41) is 63.7. The number of aliphatic hydroxyl groups is 4. The molecule has 6 N–H and O–H groups in total. The van der Waals surface area contributed by atoms with Gasteiger partial charge in [-0.05, 0) is 13.0 Å². The summed E-state index contributed by atoms with van der Waals surface area (Å²) >= 11 is 0. The topological polar surface area (TPSA) is 200 Å². The zero-order valence-electron chi connectivity index (χ0n) is 21.1. The van der Waals surface area contributed by atoms with Gasteiger partial charge in [0.1, 0.15) is 35.6 Å². The van der Waals surface area contributed by atoms with Crippen LogP contribution in [-0.4, -0.2) is 91.9 Å². The SMILES string of the molecule is COc1cccc2c1C(=O)c1c(O)c3c(c(O)c1C2=O)C[C@@](O)(C(=O)CO)C[C@@H]3O[C@H]1C[C@H](O)[C@H](O)[C@H](C)O1. The maximum Gasteiger partial charge on any atom is 0.202 e. The zero-order valence-corrected chi connectivity index (χ0v) is 21.1. The van der Waals surface area contributed by atoms with Crippen LogP contribution in [0, 0.1) is 0 Å². The molecule has 2 aromatic rings. The summed E-state index contributed by atoms with van der Waals surface area (Å²) in [6, 6.07) is 4.33. The Morgan fingerprint density at radius 3 is 2.44 bits per heavy atom. The molecule has 208 valence electrons. The Morgan fingerprint density at radius 1 is 1.10 bits per heavy atom. The maximum absolute atomic E-state index is 13.6. The van der Waals surface area contributed by atoms with Crippen molar-refractivity contribution in [3.8, 4) is 17.2 Å². The highest BCUT2D eigenvalue weighted by molar-refractivity contribution is 6.31. The number of carbonyl (C=O) groups excluding carboxylic acids is 3. The number of ketones is 3. The normalized spacial score (nSPS) is 29.8. The van der Waals surface area contributed by atoms with Crippen molar-refractivity contribution in [2.24, 2.45) is 0 Å². The number of hydrogen-bond acceptors (Lipinski definition) is 12. The predicted molar refractivity (Wildman–Crippen MR) is 130 cm³/mol. The van der Waals surface area contributed by atoms with E-state index in [0.29, 0.717) is 0 Å². The van der Waals surface area contributed by atoms with Crippen LogP contribution in [-0.2, 0) is 20.7 Å². The van der Waals surface area contributed by atoms with Crippen LogP contribution in [0.15, 0.2) is 18.2 Å². The van der Waals surface area contributed by atoms with E-state index in [9.17, 15) is 45.0 Å². The van der Waals surface area contributed by atoms with E-state index in [1.54, 1.807) is 0 Å². The fourth-order valence-electron chi connectivity index (χ4n) is 5.69. The molecule has 0 spiro atoms. The first-order valence-corrected chi connectivity index (χ1v) is 12.3. The summed E-state index contributed by atoms with van der Waals surface area (Å²) in [5.74, 6) is -3.91. The second-order valence-electron chi connectivity index (χ2n) is 10.1. The lowest BCUT2D eigenvalue weighted by Crippen LogP contribution is -2.50. The molecule has 0 bridgehead atoms. The van der Waals surface area contributed by atoms with E-state index in [4.69, 9.17) is 14.2 Å². The van der Waals surface area contributed by atoms with Crippen LogP contribution in [0.5, 0.6) is 17.2 Å². The lowest BCUT2D eigenvalue weighted by atomic mass is 9.72. The highest BCUT2D eigenvalue weighted by atomic mass is 16.7. The summed E-state index contributed by atoms with van der Waals surface area (Å²) in [5.41, 5.74) is -3.81. The van der Waals surface area contributed by atoms with Crippen molar-refractivity contribution < 1.29 is 59.2 Å². The number of aromatic hydroxyl groups is 2. The van der Waals surface area contributed by atoms with Gasteiger partial charge in [-0.1, -0.05) is 12.1 Å². The monoisotopic (exact) mass is 544 g/mol. The molecule has 2 aliphatic carbocycles. The van der Waals surface area contributed by atoms with Crippen molar-refractivity contribution in [1.82, 2.24) is 0 Å². The Labute approximate surface area is 222 Å². The average Bonchev–Trinajstić information content (AvgIpc) is 2.90. The number of Topliss-reactive ketones (excluding diaryl/α,β-unsaturated/α-hetero) is 1. The van der Waals surface area contributed by atoms with Gasteiger partial charge >= 0.3 is 0 Å². The number of ether oxygens (including phenoxy) is 3. The van der Waals surface area contributed by atoms with Crippen LogP contribution in [0.2, 0.25) is 0 Å². The first kappa shape index (κ1) is 27.2. The van der Waals surface area contributed by atoms with Crippen LogP contribution in [0.4, 0.5) is 0 Å². The molecule has 1 aliphatic heterocycles. The molecule has 6 atom stereocenters. The van der Waals surface area contributed by atoms with Gasteiger partial charge < -0.3 is 44.8 Å². The molecular formula is C27H28O12. The van der Waals surface area contributed by atoms with E-state index in [0.717, 1.165) is 0 Å². The molecule has 5 rings (SSSR count). The first-order chi connectivity index (χ1) is 18.4. The number of rotatable bonds is 5. The van der Waals surface area contributed by atoms with Gasteiger partial charge in [0.2, 0.25) is 5.78 Å². The van der Waals surface area contributed by atoms with Crippen molar-refractivity contribution >= 4 is 17.3 Å². The van der Waals surface area contributed by atoms with Crippen molar-refractivity contribution in [3.05, 3.63) is 51.6 Å². The van der Waals surface area contributed by atoms with Gasteiger partial charge in [0, 0.05) is 36.0 Å². The van der Waals surface area contributed by atoms with E-state index in [-0.39, 0.29) is 34.4 Å². The number of aliphatic hydroxyl groups excluding tert-OH is 3. The Kier molecular flexibility index (Phi) is 6.74. The molecule has 2 aromatic carbocycles. The minimum Gasteiger partial charge on any atom is -0.507 e. The summed E-state index contributed by atoms with van der Waals surface area (Å²) < 4.78 is 16.8. The van der Waals surface area contributed by atoms with E-state index < -0.39 is 95.7 Å². The number of methoxy groups -OCH3 is 1. The second kappa shape index (κ2) is 9.66. The van der Waals surface area contributed by atoms with Crippen LogP contribution in [0.1, 0.15) is 68.8 Å². The summed E-state index contributed by atoms with van der Waals surface area (Å²) in [6.45, 7) is 0.460.